The Morgan fingerprint density at radius 1 is 1.19 bits per heavy atom. The summed E-state index contributed by atoms with van der Waals surface area (Å²) in [5, 5.41) is 13.3. The summed E-state index contributed by atoms with van der Waals surface area (Å²) in [6.07, 6.45) is 4.61. The number of anilines is 1. The van der Waals surface area contributed by atoms with Crippen molar-refractivity contribution in [2.75, 3.05) is 11.9 Å². The molecule has 1 aliphatic carbocycles. The fraction of sp³-hybridized carbons (Fsp3) is 0.600. The molecule has 1 heterocycles. The quantitative estimate of drug-likeness (QED) is 0.742. The summed E-state index contributed by atoms with van der Waals surface area (Å²) in [6.45, 7) is 0.855. The van der Waals surface area contributed by atoms with E-state index in [2.05, 4.69) is 10.0 Å². The lowest BCUT2D eigenvalue weighted by molar-refractivity contribution is 0.130. The molecule has 0 aromatic heterocycles. The number of benzene rings is 1. The minimum Gasteiger partial charge on any atom is -0.391 e. The van der Waals surface area contributed by atoms with E-state index < -0.39 is 16.1 Å². The fourth-order valence-electron chi connectivity index (χ4n) is 3.14. The Hall–Kier alpha value is -1.11. The Kier molecular flexibility index (Phi) is 4.19. The SMILES string of the molecule is O=S(=O)(NC1CCCCCC1O)c1ccc2c(c1)CCN2. The van der Waals surface area contributed by atoms with Crippen LogP contribution in [0.5, 0.6) is 0 Å². The number of rotatable bonds is 3. The smallest absolute Gasteiger partial charge is 0.240 e. The Labute approximate surface area is 125 Å². The fourth-order valence-corrected chi connectivity index (χ4v) is 4.50. The van der Waals surface area contributed by atoms with Crippen molar-refractivity contribution >= 4 is 15.7 Å². The van der Waals surface area contributed by atoms with Crippen LogP contribution in [0.25, 0.3) is 0 Å². The monoisotopic (exact) mass is 310 g/mol. The van der Waals surface area contributed by atoms with E-state index in [1.165, 1.54) is 0 Å². The van der Waals surface area contributed by atoms with Crippen LogP contribution in [-0.2, 0) is 16.4 Å². The molecule has 0 amide bonds. The summed E-state index contributed by atoms with van der Waals surface area (Å²) >= 11 is 0. The Bertz CT molecular complexity index is 615. The van der Waals surface area contributed by atoms with Gasteiger partial charge in [0.15, 0.2) is 0 Å². The second-order valence-corrected chi connectivity index (χ2v) is 7.64. The zero-order valence-corrected chi connectivity index (χ0v) is 12.8. The Balaban J connectivity index is 1.80. The first-order chi connectivity index (χ1) is 10.1. The van der Waals surface area contributed by atoms with Crippen molar-refractivity contribution in [2.24, 2.45) is 0 Å². The van der Waals surface area contributed by atoms with Gasteiger partial charge in [0.05, 0.1) is 11.0 Å². The van der Waals surface area contributed by atoms with Gasteiger partial charge in [-0.15, -0.1) is 0 Å². The first-order valence-electron chi connectivity index (χ1n) is 7.63. The Morgan fingerprint density at radius 2 is 2.00 bits per heavy atom. The molecule has 1 aromatic rings. The number of hydrogen-bond donors (Lipinski definition) is 3. The molecule has 0 spiro atoms. The number of sulfonamides is 1. The van der Waals surface area contributed by atoms with Crippen LogP contribution in [-0.4, -0.2) is 32.2 Å². The van der Waals surface area contributed by atoms with Crippen molar-refractivity contribution in [1.82, 2.24) is 4.72 Å². The average molecular weight is 310 g/mol. The molecule has 1 fully saturated rings. The third kappa shape index (κ3) is 3.22. The minimum absolute atomic E-state index is 0.293. The van der Waals surface area contributed by atoms with Crippen LogP contribution in [0, 0.1) is 0 Å². The maximum absolute atomic E-state index is 12.5. The van der Waals surface area contributed by atoms with E-state index in [0.29, 0.717) is 17.7 Å². The average Bonchev–Trinajstić information content (AvgIpc) is 2.84. The molecule has 5 nitrogen and oxygen atoms in total. The lowest BCUT2D eigenvalue weighted by atomic mass is 10.1. The third-order valence-corrected chi connectivity index (χ3v) is 5.87. The van der Waals surface area contributed by atoms with Gasteiger partial charge in [0, 0.05) is 18.3 Å². The predicted octanol–water partition coefficient (Wildman–Crippen LogP) is 1.63. The van der Waals surface area contributed by atoms with E-state index in [-0.39, 0.29) is 6.04 Å². The van der Waals surface area contributed by atoms with Crippen molar-refractivity contribution in [3.05, 3.63) is 23.8 Å². The van der Waals surface area contributed by atoms with Crippen molar-refractivity contribution in [3.63, 3.8) is 0 Å². The van der Waals surface area contributed by atoms with Crippen LogP contribution in [0.2, 0.25) is 0 Å². The van der Waals surface area contributed by atoms with Crippen LogP contribution >= 0.6 is 0 Å². The van der Waals surface area contributed by atoms with Crippen molar-refractivity contribution < 1.29 is 13.5 Å². The molecule has 1 aliphatic heterocycles. The molecule has 2 aliphatic rings. The predicted molar refractivity (Wildman–Crippen MR) is 81.8 cm³/mol. The first kappa shape index (κ1) is 14.8. The van der Waals surface area contributed by atoms with Crippen LogP contribution < -0.4 is 10.0 Å². The molecule has 2 atom stereocenters. The number of aliphatic hydroxyl groups is 1. The molecule has 2 unspecified atom stereocenters. The van der Waals surface area contributed by atoms with Gasteiger partial charge < -0.3 is 10.4 Å². The van der Waals surface area contributed by atoms with Crippen molar-refractivity contribution in [3.8, 4) is 0 Å². The summed E-state index contributed by atoms with van der Waals surface area (Å²) < 4.78 is 27.7. The lowest BCUT2D eigenvalue weighted by Gasteiger charge is -2.21. The molecule has 21 heavy (non-hydrogen) atoms. The van der Waals surface area contributed by atoms with E-state index in [1.54, 1.807) is 12.1 Å². The Morgan fingerprint density at radius 3 is 2.86 bits per heavy atom. The van der Waals surface area contributed by atoms with Crippen LogP contribution in [0.4, 0.5) is 5.69 Å². The van der Waals surface area contributed by atoms with E-state index in [0.717, 1.165) is 43.5 Å². The summed E-state index contributed by atoms with van der Waals surface area (Å²) in [5.41, 5.74) is 2.06. The maximum atomic E-state index is 12.5. The van der Waals surface area contributed by atoms with E-state index in [4.69, 9.17) is 0 Å². The van der Waals surface area contributed by atoms with Gasteiger partial charge in [-0.1, -0.05) is 19.3 Å². The summed E-state index contributed by atoms with van der Waals surface area (Å²) in [4.78, 5) is 0.293. The molecule has 1 aromatic carbocycles. The van der Waals surface area contributed by atoms with Gasteiger partial charge >= 0.3 is 0 Å². The van der Waals surface area contributed by atoms with Crippen LogP contribution in [0.3, 0.4) is 0 Å². The van der Waals surface area contributed by atoms with Crippen LogP contribution in [0.1, 0.15) is 37.7 Å². The van der Waals surface area contributed by atoms with Gasteiger partial charge in [0.2, 0.25) is 10.0 Å². The molecule has 3 N–H and O–H groups in total. The number of fused-ring (bicyclic) bond motifs is 1. The maximum Gasteiger partial charge on any atom is 0.240 e. The standard InChI is InChI=1S/C15H22N2O3S/c18-15-5-3-1-2-4-14(15)17-21(19,20)12-6-7-13-11(10-12)8-9-16-13/h6-7,10,14-18H,1-5,8-9H2. The molecule has 116 valence electrons. The number of nitrogens with one attached hydrogen (secondary N) is 2. The highest BCUT2D eigenvalue weighted by molar-refractivity contribution is 7.89. The van der Waals surface area contributed by atoms with Gasteiger partial charge in [-0.25, -0.2) is 13.1 Å². The largest absolute Gasteiger partial charge is 0.391 e. The second kappa shape index (κ2) is 5.94. The molecule has 6 heteroatoms. The second-order valence-electron chi connectivity index (χ2n) is 5.93. The third-order valence-electron chi connectivity index (χ3n) is 4.38. The number of hydrogen-bond acceptors (Lipinski definition) is 4. The van der Waals surface area contributed by atoms with Crippen molar-refractivity contribution in [1.29, 1.82) is 0 Å². The zero-order valence-electron chi connectivity index (χ0n) is 12.0. The lowest BCUT2D eigenvalue weighted by Crippen LogP contribution is -2.42. The first-order valence-corrected chi connectivity index (χ1v) is 9.12. The van der Waals surface area contributed by atoms with Crippen LogP contribution in [0.15, 0.2) is 23.1 Å². The van der Waals surface area contributed by atoms with E-state index in [9.17, 15) is 13.5 Å². The summed E-state index contributed by atoms with van der Waals surface area (Å²) in [5.74, 6) is 0. The van der Waals surface area contributed by atoms with E-state index in [1.807, 2.05) is 6.07 Å². The van der Waals surface area contributed by atoms with E-state index >= 15 is 0 Å². The molecular weight excluding hydrogens is 288 g/mol. The van der Waals surface area contributed by atoms with Gasteiger partial charge in [0.25, 0.3) is 0 Å². The molecule has 0 radical (unpaired) electrons. The number of aliphatic hydroxyl groups excluding tert-OH is 1. The highest BCUT2D eigenvalue weighted by atomic mass is 32.2. The summed E-state index contributed by atoms with van der Waals surface area (Å²) in [6, 6.07) is 4.81. The normalized spacial score (nSPS) is 26.0. The van der Waals surface area contributed by atoms with Gasteiger partial charge in [-0.05, 0) is 43.0 Å². The highest BCUT2D eigenvalue weighted by Crippen LogP contribution is 2.26. The minimum atomic E-state index is -3.57. The zero-order chi connectivity index (χ0) is 14.9. The molecule has 1 saturated carbocycles. The van der Waals surface area contributed by atoms with Gasteiger partial charge in [-0.3, -0.25) is 0 Å². The topological polar surface area (TPSA) is 78.4 Å². The van der Waals surface area contributed by atoms with Crippen molar-refractivity contribution in [2.45, 2.75) is 55.6 Å². The molecular formula is C15H22N2O3S. The summed E-state index contributed by atoms with van der Waals surface area (Å²) in [7, 11) is -3.57. The molecule has 3 rings (SSSR count). The highest BCUT2D eigenvalue weighted by Gasteiger charge is 2.27. The molecule has 0 saturated heterocycles. The van der Waals surface area contributed by atoms with Gasteiger partial charge in [0.1, 0.15) is 0 Å². The van der Waals surface area contributed by atoms with Gasteiger partial charge in [-0.2, -0.15) is 0 Å². The molecule has 0 bridgehead atoms.